The van der Waals surface area contributed by atoms with Crippen LogP contribution in [0.4, 0.5) is 13.2 Å². The van der Waals surface area contributed by atoms with E-state index in [0.29, 0.717) is 0 Å². The molecular formula is C15H21Cl2F3N2. The summed E-state index contributed by atoms with van der Waals surface area (Å²) in [5, 5.41) is 3.08. The van der Waals surface area contributed by atoms with Crippen molar-refractivity contribution in [2.45, 2.75) is 32.0 Å². The van der Waals surface area contributed by atoms with Gasteiger partial charge >= 0.3 is 6.18 Å². The number of halogens is 5. The summed E-state index contributed by atoms with van der Waals surface area (Å²) in [6, 6.07) is 4.28. The quantitative estimate of drug-likeness (QED) is 0.852. The maximum Gasteiger partial charge on any atom is 0.417 e. The highest BCUT2D eigenvalue weighted by atomic mass is 35.5. The number of piperazine rings is 1. The summed E-state index contributed by atoms with van der Waals surface area (Å²) in [5.74, 6) is 0. The molecule has 0 radical (unpaired) electrons. The highest BCUT2D eigenvalue weighted by Crippen LogP contribution is 2.37. The van der Waals surface area contributed by atoms with Gasteiger partial charge < -0.3 is 5.32 Å². The van der Waals surface area contributed by atoms with Crippen LogP contribution < -0.4 is 5.32 Å². The summed E-state index contributed by atoms with van der Waals surface area (Å²) in [4.78, 5) is 2.32. The second-order valence-electron chi connectivity index (χ2n) is 5.33. The fourth-order valence-corrected chi connectivity index (χ4v) is 3.09. The molecule has 1 atom stereocenters. The van der Waals surface area contributed by atoms with Gasteiger partial charge in [0.2, 0.25) is 0 Å². The first kappa shape index (κ1) is 19.6. The Kier molecular flexibility index (Phi) is 7.46. The van der Waals surface area contributed by atoms with Crippen molar-refractivity contribution in [2.24, 2.45) is 0 Å². The van der Waals surface area contributed by atoms with E-state index in [1.54, 1.807) is 6.07 Å². The van der Waals surface area contributed by atoms with Crippen molar-refractivity contribution < 1.29 is 13.2 Å². The molecule has 7 heteroatoms. The molecule has 0 saturated carbocycles. The first-order chi connectivity index (χ1) is 9.93. The maximum absolute atomic E-state index is 12.8. The summed E-state index contributed by atoms with van der Waals surface area (Å²) < 4.78 is 38.3. The van der Waals surface area contributed by atoms with Crippen LogP contribution in [0.1, 0.15) is 36.9 Å². The minimum atomic E-state index is -4.40. The molecule has 1 aromatic rings. The van der Waals surface area contributed by atoms with Gasteiger partial charge in [0.25, 0.3) is 0 Å². The van der Waals surface area contributed by atoms with Gasteiger partial charge in [-0.2, -0.15) is 13.2 Å². The zero-order valence-electron chi connectivity index (χ0n) is 12.4. The van der Waals surface area contributed by atoms with Gasteiger partial charge in [-0.15, -0.1) is 12.4 Å². The van der Waals surface area contributed by atoms with E-state index in [1.165, 1.54) is 6.07 Å². The van der Waals surface area contributed by atoms with Crippen LogP contribution in [0.3, 0.4) is 0 Å². The third kappa shape index (κ3) is 4.75. The lowest BCUT2D eigenvalue weighted by Crippen LogP contribution is -2.45. The molecule has 2 nitrogen and oxygen atoms in total. The van der Waals surface area contributed by atoms with E-state index < -0.39 is 11.7 Å². The summed E-state index contributed by atoms with van der Waals surface area (Å²) in [7, 11) is 0. The lowest BCUT2D eigenvalue weighted by molar-refractivity contribution is -0.137. The SMILES string of the molecule is CCC[C@H](c1ccc(C(F)(F)F)c(Cl)c1)N1CCNCC1.Cl. The van der Waals surface area contributed by atoms with Crippen molar-refractivity contribution >= 4 is 24.0 Å². The Morgan fingerprint density at radius 1 is 1.27 bits per heavy atom. The van der Waals surface area contributed by atoms with Crippen molar-refractivity contribution in [3.05, 3.63) is 34.3 Å². The number of hydrogen-bond acceptors (Lipinski definition) is 2. The summed E-state index contributed by atoms with van der Waals surface area (Å²) in [6.07, 6.45) is -2.50. The predicted molar refractivity (Wildman–Crippen MR) is 85.8 cm³/mol. The third-order valence-corrected chi connectivity index (χ3v) is 4.15. The maximum atomic E-state index is 12.8. The smallest absolute Gasteiger partial charge is 0.314 e. The van der Waals surface area contributed by atoms with E-state index >= 15 is 0 Å². The Labute approximate surface area is 140 Å². The van der Waals surface area contributed by atoms with Crippen LogP contribution in [-0.2, 0) is 6.18 Å². The molecule has 1 heterocycles. The van der Waals surface area contributed by atoms with E-state index in [9.17, 15) is 13.2 Å². The zero-order valence-corrected chi connectivity index (χ0v) is 14.0. The molecular weight excluding hydrogens is 336 g/mol. The van der Waals surface area contributed by atoms with Gasteiger partial charge in [-0.3, -0.25) is 4.90 Å². The van der Waals surface area contributed by atoms with Crippen LogP contribution in [0.5, 0.6) is 0 Å². The minimum Gasteiger partial charge on any atom is -0.314 e. The zero-order chi connectivity index (χ0) is 15.5. The molecule has 2 rings (SSSR count). The van der Waals surface area contributed by atoms with Gasteiger partial charge in [0.05, 0.1) is 10.6 Å². The summed E-state index contributed by atoms with van der Waals surface area (Å²) in [5.41, 5.74) is 0.111. The van der Waals surface area contributed by atoms with Crippen LogP contribution in [0, 0.1) is 0 Å². The number of benzene rings is 1. The van der Waals surface area contributed by atoms with Crippen LogP contribution >= 0.6 is 24.0 Å². The second-order valence-corrected chi connectivity index (χ2v) is 5.73. The van der Waals surface area contributed by atoms with Gasteiger partial charge in [-0.05, 0) is 24.1 Å². The third-order valence-electron chi connectivity index (χ3n) is 3.84. The van der Waals surface area contributed by atoms with Crippen LogP contribution in [0.25, 0.3) is 0 Å². The Hall–Kier alpha value is -0.490. The monoisotopic (exact) mass is 356 g/mol. The molecule has 1 aliphatic rings. The molecule has 1 fully saturated rings. The number of alkyl halides is 3. The molecule has 1 aromatic carbocycles. The largest absolute Gasteiger partial charge is 0.417 e. The average molecular weight is 357 g/mol. The molecule has 0 unspecified atom stereocenters. The van der Waals surface area contributed by atoms with E-state index in [4.69, 9.17) is 11.6 Å². The van der Waals surface area contributed by atoms with Crippen LogP contribution in [-0.4, -0.2) is 31.1 Å². The highest BCUT2D eigenvalue weighted by molar-refractivity contribution is 6.31. The molecule has 1 saturated heterocycles. The van der Waals surface area contributed by atoms with Crippen molar-refractivity contribution in [3.63, 3.8) is 0 Å². The molecule has 1 N–H and O–H groups in total. The van der Waals surface area contributed by atoms with Crippen LogP contribution in [0.15, 0.2) is 18.2 Å². The Balaban J connectivity index is 0.00000242. The fourth-order valence-electron chi connectivity index (χ4n) is 2.80. The van der Waals surface area contributed by atoms with E-state index in [1.807, 2.05) is 0 Å². The molecule has 0 aliphatic carbocycles. The molecule has 0 amide bonds. The Morgan fingerprint density at radius 3 is 2.41 bits per heavy atom. The number of hydrogen-bond donors (Lipinski definition) is 1. The van der Waals surface area contributed by atoms with Gasteiger partial charge in [-0.1, -0.05) is 31.0 Å². The topological polar surface area (TPSA) is 15.3 Å². The van der Waals surface area contributed by atoms with Gasteiger partial charge in [0.15, 0.2) is 0 Å². The van der Waals surface area contributed by atoms with Crippen molar-refractivity contribution in [2.75, 3.05) is 26.2 Å². The lowest BCUT2D eigenvalue weighted by atomic mass is 9.98. The predicted octanol–water partition coefficient (Wildman–Crippen LogP) is 4.53. The molecule has 0 bridgehead atoms. The van der Waals surface area contributed by atoms with Crippen LogP contribution in [0.2, 0.25) is 5.02 Å². The van der Waals surface area contributed by atoms with Crippen molar-refractivity contribution in [1.29, 1.82) is 0 Å². The van der Waals surface area contributed by atoms with Gasteiger partial charge in [0, 0.05) is 32.2 Å². The lowest BCUT2D eigenvalue weighted by Gasteiger charge is -2.35. The molecule has 0 aromatic heterocycles. The first-order valence-corrected chi connectivity index (χ1v) is 7.62. The summed E-state index contributed by atoms with van der Waals surface area (Å²) >= 11 is 5.85. The fraction of sp³-hybridized carbons (Fsp3) is 0.600. The van der Waals surface area contributed by atoms with E-state index in [0.717, 1.165) is 50.7 Å². The minimum absolute atomic E-state index is 0. The molecule has 22 heavy (non-hydrogen) atoms. The standard InChI is InChI=1S/C15H20ClF3N2.ClH/c1-2-3-14(21-8-6-20-7-9-21)11-4-5-12(13(16)10-11)15(17,18)19;/h4-5,10,14,20H,2-3,6-9H2,1H3;1H/t14-;/m1./s1. The Bertz CT molecular complexity index is 474. The number of nitrogens with zero attached hydrogens (tertiary/aromatic N) is 1. The van der Waals surface area contributed by atoms with Gasteiger partial charge in [-0.25, -0.2) is 0 Å². The van der Waals surface area contributed by atoms with E-state index in [-0.39, 0.29) is 23.5 Å². The molecule has 1 aliphatic heterocycles. The first-order valence-electron chi connectivity index (χ1n) is 7.25. The highest BCUT2D eigenvalue weighted by Gasteiger charge is 2.33. The Morgan fingerprint density at radius 2 is 1.91 bits per heavy atom. The average Bonchev–Trinajstić information content (AvgIpc) is 2.44. The van der Waals surface area contributed by atoms with E-state index in [2.05, 4.69) is 17.1 Å². The van der Waals surface area contributed by atoms with Crippen molar-refractivity contribution in [1.82, 2.24) is 10.2 Å². The van der Waals surface area contributed by atoms with Gasteiger partial charge in [0.1, 0.15) is 0 Å². The summed E-state index contributed by atoms with van der Waals surface area (Å²) in [6.45, 7) is 5.72. The number of rotatable bonds is 4. The molecule has 126 valence electrons. The number of nitrogens with one attached hydrogen (secondary N) is 1. The second kappa shape index (κ2) is 8.39. The molecule has 0 spiro atoms. The normalized spacial score (nSPS) is 17.9. The van der Waals surface area contributed by atoms with Crippen molar-refractivity contribution in [3.8, 4) is 0 Å².